The van der Waals surface area contributed by atoms with Gasteiger partial charge in [-0.15, -0.1) is 0 Å². The molecule has 0 saturated carbocycles. The Hall–Kier alpha value is -0.960. The van der Waals surface area contributed by atoms with Crippen molar-refractivity contribution in [3.63, 3.8) is 0 Å². The summed E-state index contributed by atoms with van der Waals surface area (Å²) in [5, 5.41) is 33.8. The van der Waals surface area contributed by atoms with Crippen LogP contribution < -0.4 is 0 Å². The van der Waals surface area contributed by atoms with Gasteiger partial charge in [-0.1, -0.05) is 0 Å². The first-order chi connectivity index (χ1) is 5.13. The van der Waals surface area contributed by atoms with E-state index in [-0.39, 0.29) is 0 Å². The molecule has 0 heterocycles. The molecule has 0 bridgehead atoms. The molecule has 0 fully saturated rings. The third kappa shape index (κ3) is 3.09. The van der Waals surface area contributed by atoms with Gasteiger partial charge in [0.2, 0.25) is 0 Å². The van der Waals surface area contributed by atoms with Gasteiger partial charge in [0.05, 0.1) is 19.1 Å². The third-order valence-corrected chi connectivity index (χ3v) is 1.13. The van der Waals surface area contributed by atoms with E-state index in [4.69, 9.17) is 20.6 Å². The number of rotatable bonds is 4. The number of hydrogen-bond acceptors (Lipinski definition) is 5. The second-order valence-corrected chi connectivity index (χ2v) is 2.00. The van der Waals surface area contributed by atoms with Crippen molar-refractivity contribution in [3.05, 3.63) is 0 Å². The average Bonchev–Trinajstić information content (AvgIpc) is 2.02. The van der Waals surface area contributed by atoms with Crippen molar-refractivity contribution >= 4 is 5.78 Å². The molecular weight excluding hydrogens is 150 g/mol. The summed E-state index contributed by atoms with van der Waals surface area (Å²) in [4.78, 5) is 10.6. The fraction of sp³-hybridized carbons (Fsp3) is 0.667. The number of hydrogen-bond donors (Lipinski definition) is 3. The van der Waals surface area contributed by atoms with E-state index >= 15 is 0 Å². The van der Waals surface area contributed by atoms with Crippen LogP contribution in [0.4, 0.5) is 0 Å². The van der Waals surface area contributed by atoms with Gasteiger partial charge in [0.25, 0.3) is 0 Å². The Bertz CT molecular complexity index is 174. The van der Waals surface area contributed by atoms with E-state index < -0.39 is 31.0 Å². The standard InChI is InChI=1S/C6H9NO4/c7-2-1-4(9)6(11)5(10)3-8/h5-6,8,10-11H,1,3H2. The van der Waals surface area contributed by atoms with Gasteiger partial charge in [-0.05, 0) is 0 Å². The van der Waals surface area contributed by atoms with E-state index in [9.17, 15) is 4.79 Å². The topological polar surface area (TPSA) is 102 Å². The zero-order valence-corrected chi connectivity index (χ0v) is 5.77. The SMILES string of the molecule is N#CCC(=O)C(O)C(O)CO. The normalized spacial score (nSPS) is 15.1. The molecule has 5 nitrogen and oxygen atoms in total. The Morgan fingerprint density at radius 3 is 2.45 bits per heavy atom. The quantitative estimate of drug-likeness (QED) is 0.448. The molecule has 5 heteroatoms. The summed E-state index contributed by atoms with van der Waals surface area (Å²) in [5.41, 5.74) is 0. The lowest BCUT2D eigenvalue weighted by molar-refractivity contribution is -0.133. The van der Waals surface area contributed by atoms with Crippen molar-refractivity contribution in [1.82, 2.24) is 0 Å². The summed E-state index contributed by atoms with van der Waals surface area (Å²) in [7, 11) is 0. The molecule has 62 valence electrons. The van der Waals surface area contributed by atoms with Crippen LogP contribution in [0.1, 0.15) is 6.42 Å². The summed E-state index contributed by atoms with van der Waals surface area (Å²) in [6, 6.07) is 1.53. The molecule has 0 aliphatic carbocycles. The van der Waals surface area contributed by atoms with Gasteiger partial charge in [0.1, 0.15) is 12.2 Å². The Morgan fingerprint density at radius 2 is 2.09 bits per heavy atom. The van der Waals surface area contributed by atoms with Crippen molar-refractivity contribution < 1.29 is 20.1 Å². The molecule has 0 aliphatic rings. The second kappa shape index (κ2) is 4.79. The molecule has 0 aliphatic heterocycles. The van der Waals surface area contributed by atoms with Crippen molar-refractivity contribution in [3.8, 4) is 6.07 Å². The number of carbonyl (C=O) groups excluding carboxylic acids is 1. The smallest absolute Gasteiger partial charge is 0.178 e. The van der Waals surface area contributed by atoms with Gasteiger partial charge >= 0.3 is 0 Å². The molecule has 3 N–H and O–H groups in total. The largest absolute Gasteiger partial charge is 0.394 e. The first-order valence-electron chi connectivity index (χ1n) is 3.00. The Balaban J connectivity index is 3.93. The summed E-state index contributed by atoms with van der Waals surface area (Å²) in [5.74, 6) is -0.783. The van der Waals surface area contributed by atoms with Crippen LogP contribution in [0.2, 0.25) is 0 Å². The van der Waals surface area contributed by atoms with Crippen LogP contribution in [0.3, 0.4) is 0 Å². The summed E-state index contributed by atoms with van der Waals surface area (Å²) in [6.07, 6.45) is -3.60. The highest BCUT2D eigenvalue weighted by Crippen LogP contribution is 1.96. The number of aliphatic hydroxyl groups is 3. The molecule has 0 radical (unpaired) electrons. The Morgan fingerprint density at radius 1 is 1.55 bits per heavy atom. The molecule has 2 unspecified atom stereocenters. The van der Waals surface area contributed by atoms with E-state index in [1.807, 2.05) is 0 Å². The maximum absolute atomic E-state index is 10.6. The van der Waals surface area contributed by atoms with Gasteiger partial charge in [0.15, 0.2) is 5.78 Å². The lowest BCUT2D eigenvalue weighted by Gasteiger charge is -2.11. The lowest BCUT2D eigenvalue weighted by Crippen LogP contribution is -2.36. The Labute approximate surface area is 63.5 Å². The fourth-order valence-corrected chi connectivity index (χ4v) is 0.497. The fourth-order valence-electron chi connectivity index (χ4n) is 0.497. The van der Waals surface area contributed by atoms with Crippen molar-refractivity contribution in [2.24, 2.45) is 0 Å². The lowest BCUT2D eigenvalue weighted by atomic mass is 10.1. The highest BCUT2D eigenvalue weighted by molar-refractivity contribution is 5.85. The number of carbonyl (C=O) groups is 1. The average molecular weight is 159 g/mol. The van der Waals surface area contributed by atoms with Crippen molar-refractivity contribution in [1.29, 1.82) is 5.26 Å². The van der Waals surface area contributed by atoms with Crippen LogP contribution in [0, 0.1) is 11.3 Å². The molecule has 0 rings (SSSR count). The zero-order valence-electron chi connectivity index (χ0n) is 5.77. The molecule has 11 heavy (non-hydrogen) atoms. The van der Waals surface area contributed by atoms with Gasteiger partial charge in [-0.3, -0.25) is 4.79 Å². The predicted octanol–water partition coefficient (Wildman–Crippen LogP) is -1.82. The van der Waals surface area contributed by atoms with E-state index in [1.165, 1.54) is 6.07 Å². The van der Waals surface area contributed by atoms with Gasteiger partial charge in [-0.2, -0.15) is 5.26 Å². The van der Waals surface area contributed by atoms with Gasteiger partial charge in [0, 0.05) is 0 Å². The number of Topliss-reactive ketones (excluding diaryl/α,β-unsaturated/α-hetero) is 1. The van der Waals surface area contributed by atoms with Crippen LogP contribution >= 0.6 is 0 Å². The third-order valence-electron chi connectivity index (χ3n) is 1.13. The second-order valence-electron chi connectivity index (χ2n) is 2.00. The van der Waals surface area contributed by atoms with Crippen LogP contribution in [0.25, 0.3) is 0 Å². The van der Waals surface area contributed by atoms with Crippen LogP contribution in [-0.2, 0) is 4.79 Å². The molecule has 0 aromatic heterocycles. The number of nitriles is 1. The first kappa shape index (κ1) is 10.0. The highest BCUT2D eigenvalue weighted by atomic mass is 16.4. The molecule has 0 aromatic carbocycles. The Kier molecular flexibility index (Phi) is 4.38. The maximum atomic E-state index is 10.6. The van der Waals surface area contributed by atoms with Gasteiger partial charge < -0.3 is 15.3 Å². The highest BCUT2D eigenvalue weighted by Gasteiger charge is 2.22. The van der Waals surface area contributed by atoms with Crippen LogP contribution in [-0.4, -0.2) is 39.9 Å². The van der Waals surface area contributed by atoms with Crippen LogP contribution in [0.5, 0.6) is 0 Å². The van der Waals surface area contributed by atoms with Crippen molar-refractivity contribution in [2.45, 2.75) is 18.6 Å². The summed E-state index contributed by atoms with van der Waals surface area (Å²) >= 11 is 0. The van der Waals surface area contributed by atoms with Crippen LogP contribution in [0.15, 0.2) is 0 Å². The molecule has 2 atom stereocenters. The monoisotopic (exact) mass is 159 g/mol. The minimum absolute atomic E-state index is 0.460. The van der Waals surface area contributed by atoms with E-state index in [0.717, 1.165) is 0 Å². The van der Waals surface area contributed by atoms with E-state index in [0.29, 0.717) is 0 Å². The maximum Gasteiger partial charge on any atom is 0.178 e. The summed E-state index contributed by atoms with van der Waals surface area (Å²) in [6.45, 7) is -0.696. The van der Waals surface area contributed by atoms with E-state index in [1.54, 1.807) is 0 Å². The zero-order chi connectivity index (χ0) is 8.85. The molecule has 0 saturated heterocycles. The summed E-state index contributed by atoms with van der Waals surface area (Å²) < 4.78 is 0. The van der Waals surface area contributed by atoms with Crippen molar-refractivity contribution in [2.75, 3.05) is 6.61 Å². The first-order valence-corrected chi connectivity index (χ1v) is 3.00. The van der Waals surface area contributed by atoms with E-state index in [2.05, 4.69) is 0 Å². The predicted molar refractivity (Wildman–Crippen MR) is 34.3 cm³/mol. The molecule has 0 amide bonds. The molecule has 0 spiro atoms. The number of nitrogens with zero attached hydrogens (tertiary/aromatic N) is 1. The molecular formula is C6H9NO4. The van der Waals surface area contributed by atoms with Gasteiger partial charge in [-0.25, -0.2) is 0 Å². The minimum atomic E-state index is -1.65. The molecule has 0 aromatic rings. The number of ketones is 1. The minimum Gasteiger partial charge on any atom is -0.394 e. The number of aliphatic hydroxyl groups excluding tert-OH is 3.